The molecule has 28 heavy (non-hydrogen) atoms. The van der Waals surface area contributed by atoms with E-state index in [0.29, 0.717) is 17.2 Å². The zero-order valence-corrected chi connectivity index (χ0v) is 14.8. The van der Waals surface area contributed by atoms with Crippen LogP contribution in [0.4, 0.5) is 11.5 Å². The fourth-order valence-corrected chi connectivity index (χ4v) is 2.68. The number of nitriles is 1. The number of aryl methyl sites for hydroxylation is 1. The third-order valence-electron chi connectivity index (χ3n) is 4.03. The van der Waals surface area contributed by atoms with Gasteiger partial charge in [0.05, 0.1) is 17.6 Å². The summed E-state index contributed by atoms with van der Waals surface area (Å²) in [6.45, 7) is 1.73. The molecule has 1 aromatic carbocycles. The normalized spacial score (nSPS) is 11.0. The standard InChI is InChI=1S/C19H14N8O/c1-13-17(19(28)26(25-13)15-7-3-2-4-8-15)23-24-18-14(11-20)12-22-27(18)16-9-5-6-10-21-16/h2-10,12,25H,1H3. The van der Waals surface area contributed by atoms with Gasteiger partial charge in [0, 0.05) is 6.20 Å². The van der Waals surface area contributed by atoms with Gasteiger partial charge in [-0.1, -0.05) is 24.3 Å². The van der Waals surface area contributed by atoms with Crippen LogP contribution >= 0.6 is 0 Å². The van der Waals surface area contributed by atoms with E-state index in [4.69, 9.17) is 0 Å². The molecule has 136 valence electrons. The first-order chi connectivity index (χ1) is 13.7. The number of rotatable bonds is 4. The van der Waals surface area contributed by atoms with Gasteiger partial charge in [0.25, 0.3) is 5.56 Å². The van der Waals surface area contributed by atoms with E-state index in [-0.39, 0.29) is 22.6 Å². The molecule has 0 radical (unpaired) electrons. The van der Waals surface area contributed by atoms with Crippen LogP contribution in [-0.4, -0.2) is 24.5 Å². The molecule has 0 fully saturated rings. The lowest BCUT2D eigenvalue weighted by atomic mass is 10.3. The number of benzene rings is 1. The van der Waals surface area contributed by atoms with Crippen LogP contribution in [0.2, 0.25) is 0 Å². The minimum Gasteiger partial charge on any atom is -0.293 e. The minimum atomic E-state index is -0.338. The Kier molecular flexibility index (Phi) is 4.35. The smallest absolute Gasteiger partial charge is 0.293 e. The predicted octanol–water partition coefficient (Wildman–Crippen LogP) is 3.34. The van der Waals surface area contributed by atoms with E-state index in [0.717, 1.165) is 0 Å². The van der Waals surface area contributed by atoms with Crippen molar-refractivity contribution < 1.29 is 0 Å². The molecule has 0 bridgehead atoms. The molecule has 0 unspecified atom stereocenters. The summed E-state index contributed by atoms with van der Waals surface area (Å²) in [5, 5.41) is 24.7. The molecule has 0 aliphatic carbocycles. The number of aromatic nitrogens is 5. The van der Waals surface area contributed by atoms with Gasteiger partial charge in [-0.25, -0.2) is 9.67 Å². The van der Waals surface area contributed by atoms with Crippen molar-refractivity contribution >= 4 is 11.5 Å². The zero-order chi connectivity index (χ0) is 19.5. The van der Waals surface area contributed by atoms with Gasteiger partial charge in [-0.05, 0) is 31.2 Å². The molecule has 0 amide bonds. The third kappa shape index (κ3) is 2.99. The van der Waals surface area contributed by atoms with E-state index in [2.05, 4.69) is 25.4 Å². The predicted molar refractivity (Wildman–Crippen MR) is 101 cm³/mol. The summed E-state index contributed by atoms with van der Waals surface area (Å²) in [5.74, 6) is 0.692. The van der Waals surface area contributed by atoms with Crippen molar-refractivity contribution in [1.29, 1.82) is 5.26 Å². The molecule has 3 aromatic heterocycles. The number of hydrogen-bond acceptors (Lipinski definition) is 6. The zero-order valence-electron chi connectivity index (χ0n) is 14.8. The molecule has 1 N–H and O–H groups in total. The monoisotopic (exact) mass is 370 g/mol. The van der Waals surface area contributed by atoms with E-state index in [1.807, 2.05) is 36.4 Å². The lowest BCUT2D eigenvalue weighted by Gasteiger charge is -2.01. The number of H-pyrrole nitrogens is 1. The summed E-state index contributed by atoms with van der Waals surface area (Å²) < 4.78 is 2.80. The number of nitrogens with zero attached hydrogens (tertiary/aromatic N) is 7. The van der Waals surface area contributed by atoms with E-state index in [1.165, 1.54) is 15.6 Å². The van der Waals surface area contributed by atoms with Gasteiger partial charge >= 0.3 is 0 Å². The van der Waals surface area contributed by atoms with E-state index >= 15 is 0 Å². The van der Waals surface area contributed by atoms with Crippen LogP contribution in [0.25, 0.3) is 11.5 Å². The summed E-state index contributed by atoms with van der Waals surface area (Å²) in [4.78, 5) is 16.9. The quantitative estimate of drug-likeness (QED) is 0.554. The number of pyridine rings is 1. The first-order valence-electron chi connectivity index (χ1n) is 8.37. The van der Waals surface area contributed by atoms with E-state index < -0.39 is 0 Å². The van der Waals surface area contributed by atoms with Gasteiger partial charge in [-0.2, -0.15) is 15.0 Å². The Morgan fingerprint density at radius 1 is 1.11 bits per heavy atom. The van der Waals surface area contributed by atoms with E-state index in [9.17, 15) is 10.1 Å². The highest BCUT2D eigenvalue weighted by Crippen LogP contribution is 2.24. The number of aromatic amines is 1. The lowest BCUT2D eigenvalue weighted by molar-refractivity contribution is 0.834. The van der Waals surface area contributed by atoms with Gasteiger partial charge in [0.1, 0.15) is 11.6 Å². The maximum absolute atomic E-state index is 12.7. The molecule has 9 heteroatoms. The van der Waals surface area contributed by atoms with Crippen molar-refractivity contribution in [2.75, 3.05) is 0 Å². The number of para-hydroxylation sites is 1. The lowest BCUT2D eigenvalue weighted by Crippen LogP contribution is -2.13. The summed E-state index contributed by atoms with van der Waals surface area (Å²) in [7, 11) is 0. The van der Waals surface area contributed by atoms with Crippen molar-refractivity contribution in [3.63, 3.8) is 0 Å². The SMILES string of the molecule is Cc1[nH]n(-c2ccccc2)c(=O)c1N=Nc1c(C#N)cnn1-c1ccccn1. The Morgan fingerprint density at radius 3 is 2.61 bits per heavy atom. The average molecular weight is 370 g/mol. The first-order valence-corrected chi connectivity index (χ1v) is 8.37. The topological polar surface area (TPSA) is 117 Å². The van der Waals surface area contributed by atoms with Gasteiger partial charge in [0.2, 0.25) is 0 Å². The fraction of sp³-hybridized carbons (Fsp3) is 0.0526. The second kappa shape index (κ2) is 7.13. The van der Waals surface area contributed by atoms with Gasteiger partial charge < -0.3 is 0 Å². The van der Waals surface area contributed by atoms with Crippen LogP contribution in [0, 0.1) is 18.3 Å². The number of azo groups is 1. The number of hydrogen-bond donors (Lipinski definition) is 1. The molecule has 0 saturated carbocycles. The summed E-state index contributed by atoms with van der Waals surface area (Å²) in [5.41, 5.74) is 1.29. The average Bonchev–Trinajstić information content (AvgIpc) is 3.28. The Balaban J connectivity index is 1.78. The molecule has 0 spiro atoms. The van der Waals surface area contributed by atoms with Crippen LogP contribution in [0.5, 0.6) is 0 Å². The summed E-state index contributed by atoms with van der Waals surface area (Å²) in [6.07, 6.45) is 2.99. The Morgan fingerprint density at radius 2 is 1.89 bits per heavy atom. The third-order valence-corrected chi connectivity index (χ3v) is 4.03. The minimum absolute atomic E-state index is 0.154. The van der Waals surface area contributed by atoms with Gasteiger partial charge in [-0.3, -0.25) is 9.89 Å². The molecule has 0 aliphatic rings. The van der Waals surface area contributed by atoms with Crippen molar-refractivity contribution in [1.82, 2.24) is 24.5 Å². The number of nitrogens with one attached hydrogen (secondary N) is 1. The molecule has 4 rings (SSSR count). The van der Waals surface area contributed by atoms with Crippen molar-refractivity contribution in [2.24, 2.45) is 10.2 Å². The maximum atomic E-state index is 12.7. The van der Waals surface area contributed by atoms with Crippen molar-refractivity contribution in [3.05, 3.63) is 82.5 Å². The molecular formula is C19H14N8O. The maximum Gasteiger partial charge on any atom is 0.299 e. The second-order valence-corrected chi connectivity index (χ2v) is 5.85. The van der Waals surface area contributed by atoms with Crippen molar-refractivity contribution in [3.8, 4) is 17.6 Å². The highest BCUT2D eigenvalue weighted by atomic mass is 16.1. The van der Waals surface area contributed by atoms with Crippen molar-refractivity contribution in [2.45, 2.75) is 6.92 Å². The summed E-state index contributed by atoms with van der Waals surface area (Å²) >= 11 is 0. The summed E-state index contributed by atoms with van der Waals surface area (Å²) in [6, 6.07) is 16.5. The van der Waals surface area contributed by atoms with Crippen LogP contribution in [0.3, 0.4) is 0 Å². The first kappa shape index (κ1) is 17.1. The molecular weight excluding hydrogens is 356 g/mol. The van der Waals surface area contributed by atoms with Gasteiger partial charge in [0.15, 0.2) is 17.3 Å². The van der Waals surface area contributed by atoms with Crippen LogP contribution < -0.4 is 5.56 Å². The second-order valence-electron chi connectivity index (χ2n) is 5.85. The van der Waals surface area contributed by atoms with Crippen LogP contribution in [-0.2, 0) is 0 Å². The molecule has 9 nitrogen and oxygen atoms in total. The van der Waals surface area contributed by atoms with Crippen LogP contribution in [0.1, 0.15) is 11.3 Å². The molecule has 0 atom stereocenters. The highest BCUT2D eigenvalue weighted by Gasteiger charge is 2.15. The molecule has 4 aromatic rings. The Hall–Kier alpha value is -4.32. The van der Waals surface area contributed by atoms with Crippen LogP contribution in [0.15, 0.2) is 75.9 Å². The Labute approximate surface area is 159 Å². The van der Waals surface area contributed by atoms with E-state index in [1.54, 1.807) is 31.3 Å². The highest BCUT2D eigenvalue weighted by molar-refractivity contribution is 5.51. The molecule has 3 heterocycles. The van der Waals surface area contributed by atoms with Gasteiger partial charge in [-0.15, -0.1) is 10.2 Å². The fourth-order valence-electron chi connectivity index (χ4n) is 2.68. The molecule has 0 aliphatic heterocycles. The molecule has 0 saturated heterocycles. The largest absolute Gasteiger partial charge is 0.299 e. The Bertz CT molecular complexity index is 1240.